The summed E-state index contributed by atoms with van der Waals surface area (Å²) in [5.41, 5.74) is -0.872. The third kappa shape index (κ3) is 13.4. The summed E-state index contributed by atoms with van der Waals surface area (Å²) in [6.07, 6.45) is 0. The largest absolute Gasteiger partial charge is 0.478 e. The molecule has 69 heavy (non-hydrogen) atoms. The summed E-state index contributed by atoms with van der Waals surface area (Å²) in [4.78, 5) is 149. The van der Waals surface area contributed by atoms with Crippen molar-refractivity contribution in [3.63, 3.8) is 0 Å². The van der Waals surface area contributed by atoms with Crippen LogP contribution in [0.4, 0.5) is 0 Å². The number of benzene rings is 5. The van der Waals surface area contributed by atoms with Crippen LogP contribution in [0, 0.1) is 0 Å². The van der Waals surface area contributed by atoms with Gasteiger partial charge in [0.25, 0.3) is 0 Å². The summed E-state index contributed by atoms with van der Waals surface area (Å²) in [7, 11) is 0. The van der Waals surface area contributed by atoms with Crippen LogP contribution in [0.3, 0.4) is 0 Å². The second kappa shape index (κ2) is 23.2. The van der Waals surface area contributed by atoms with Gasteiger partial charge in [0.1, 0.15) is 0 Å². The van der Waals surface area contributed by atoms with Crippen molar-refractivity contribution >= 4 is 76.3 Å². The molecule has 0 aromatic heterocycles. The molecule has 0 unspecified atom stereocenters. The van der Waals surface area contributed by atoms with E-state index in [0.717, 1.165) is 38.1 Å². The first-order chi connectivity index (χ1) is 31.6. The second-order valence-electron chi connectivity index (χ2n) is 14.5. The van der Waals surface area contributed by atoms with Crippen molar-refractivity contribution in [2.24, 2.45) is 0 Å². The van der Waals surface area contributed by atoms with Crippen LogP contribution < -0.4 is 0 Å². The minimum atomic E-state index is -1.42. The summed E-state index contributed by atoms with van der Waals surface area (Å²) in [5.74, 6) is -11.3. The van der Waals surface area contributed by atoms with Gasteiger partial charge in [0.15, 0.2) is 40.5 Å². The molecule has 0 radical (unpaired) electrons. The number of ketones is 7. The molecule has 0 saturated heterocycles. The minimum Gasteiger partial charge on any atom is -0.478 e. The molecule has 0 fully saturated rings. The van der Waals surface area contributed by atoms with Crippen LogP contribution >= 0.6 is 0 Å². The lowest BCUT2D eigenvalue weighted by atomic mass is 9.94. The lowest BCUT2D eigenvalue weighted by Crippen LogP contribution is -2.14. The highest BCUT2D eigenvalue weighted by molar-refractivity contribution is 6.15. The van der Waals surface area contributed by atoms with Crippen molar-refractivity contribution in [2.75, 3.05) is 0 Å². The number of aromatic carboxylic acids is 6. The van der Waals surface area contributed by atoms with Gasteiger partial charge in [-0.05, 0) is 113 Å². The molecular weight excluding hydrogens is 905 g/mol. The molecule has 5 aromatic rings. The topological polar surface area (TPSA) is 343 Å². The molecule has 0 aliphatic rings. The zero-order valence-corrected chi connectivity index (χ0v) is 36.6. The molecule has 0 heterocycles. The number of hydrogen-bond donors (Lipinski definition) is 6. The Kier molecular flexibility index (Phi) is 18.7. The van der Waals surface area contributed by atoms with E-state index in [4.69, 9.17) is 30.6 Å². The first kappa shape index (κ1) is 55.7. The molecule has 19 nitrogen and oxygen atoms in total. The first-order valence-electron chi connectivity index (χ1n) is 19.4. The molecule has 0 spiro atoms. The molecule has 0 bridgehead atoms. The van der Waals surface area contributed by atoms with Gasteiger partial charge in [0.2, 0.25) is 0 Å². The number of carboxylic acid groups (broad SMARTS) is 6. The van der Waals surface area contributed by atoms with E-state index in [9.17, 15) is 62.3 Å². The number of carbonyl (C=O) groups excluding carboxylic acids is 7. The van der Waals surface area contributed by atoms with E-state index < -0.39 is 87.4 Å². The van der Waals surface area contributed by atoms with Crippen molar-refractivity contribution in [3.8, 4) is 11.1 Å². The summed E-state index contributed by atoms with van der Waals surface area (Å²) < 4.78 is 0. The molecule has 0 aliphatic heterocycles. The van der Waals surface area contributed by atoms with Gasteiger partial charge < -0.3 is 30.6 Å². The third-order valence-electron chi connectivity index (χ3n) is 9.75. The number of Topliss-reactive ketones (excluding diaryl/α,β-unsaturated/α-hetero) is 6. The molecule has 6 N–H and O–H groups in total. The second-order valence-corrected chi connectivity index (χ2v) is 14.5. The molecule has 0 atom stereocenters. The van der Waals surface area contributed by atoms with Gasteiger partial charge in [-0.25, -0.2) is 28.8 Å². The quantitative estimate of drug-likeness (QED) is 0.0541. The Morgan fingerprint density at radius 2 is 0.464 bits per heavy atom. The average molecular weight is 947 g/mol. The molecule has 0 amide bonds. The molecular formula is C50H42O19. The van der Waals surface area contributed by atoms with Crippen molar-refractivity contribution in [3.05, 3.63) is 163 Å². The SMILES string of the molecule is C.CC(=O)c1cc(-c2ccc(C(=O)O)c(C(C)=O)c2)ccc1C(=O)O.CC(=O)c1cc(C(=O)c2ccc(C(=O)O)c(C(C)=O)c2)ccc1C(=O)O.CC(=O)c1cc(C(C)=O)c(C(=O)O)cc1C(=O)O. The Labute approximate surface area is 391 Å². The van der Waals surface area contributed by atoms with E-state index in [1.807, 2.05) is 0 Å². The summed E-state index contributed by atoms with van der Waals surface area (Å²) in [5, 5.41) is 54.3. The van der Waals surface area contributed by atoms with E-state index in [1.165, 1.54) is 88.4 Å². The van der Waals surface area contributed by atoms with Gasteiger partial charge >= 0.3 is 35.8 Å². The molecule has 0 saturated carbocycles. The zero-order chi connectivity index (χ0) is 51.6. The van der Waals surface area contributed by atoms with E-state index in [1.54, 1.807) is 0 Å². The predicted octanol–water partition coefficient (Wildman–Crippen LogP) is 8.00. The zero-order valence-electron chi connectivity index (χ0n) is 36.6. The van der Waals surface area contributed by atoms with Gasteiger partial charge in [0.05, 0.1) is 33.4 Å². The van der Waals surface area contributed by atoms with Crippen LogP contribution in [-0.4, -0.2) is 107 Å². The summed E-state index contributed by atoms with van der Waals surface area (Å²) >= 11 is 0. The third-order valence-corrected chi connectivity index (χ3v) is 9.75. The van der Waals surface area contributed by atoms with Crippen molar-refractivity contribution < 1.29 is 93.0 Å². The van der Waals surface area contributed by atoms with Crippen molar-refractivity contribution in [1.29, 1.82) is 0 Å². The van der Waals surface area contributed by atoms with Crippen LogP contribution in [0.1, 0.15) is 189 Å². The highest BCUT2D eigenvalue weighted by atomic mass is 16.4. The maximum atomic E-state index is 12.6. The summed E-state index contributed by atoms with van der Waals surface area (Å²) in [6.45, 7) is 7.19. The fraction of sp³-hybridized carbons (Fsp3) is 0.140. The monoisotopic (exact) mass is 946 g/mol. The van der Waals surface area contributed by atoms with Crippen LogP contribution in [0.5, 0.6) is 0 Å². The predicted molar refractivity (Wildman–Crippen MR) is 243 cm³/mol. The average Bonchev–Trinajstić information content (AvgIpc) is 3.27. The highest BCUT2D eigenvalue weighted by Gasteiger charge is 2.24. The van der Waals surface area contributed by atoms with Crippen LogP contribution in [-0.2, 0) is 0 Å². The Morgan fingerprint density at radius 3 is 0.696 bits per heavy atom. The Hall–Kier alpha value is -9.39. The Balaban J connectivity index is 0.000000358. The number of carboxylic acids is 6. The standard InChI is InChI=1S/C19H14O7.C18H14O6.C12H10O6.CH4/c1-9(20)15-7-11(3-5-13(15)18(23)24)17(22)12-4-6-14(19(25)26)16(8-12)10(2)21;1-9(19)15-7-11(3-5-13(15)17(21)22)12-4-6-14(18(23)24)16(8-12)10(2)20;1-5(13)7-3-8(6(2)14)10(12(17)18)4-9(7)11(15)16;/h3-8H,1-2H3,(H,23,24)(H,25,26);3-8H,1-2H3,(H,21,22)(H,23,24);3-4H,1-2H3,(H,15,16)(H,17,18);1H4. The van der Waals surface area contributed by atoms with Gasteiger partial charge in [0, 0.05) is 44.5 Å². The van der Waals surface area contributed by atoms with Gasteiger partial charge in [-0.3, -0.25) is 33.6 Å². The lowest BCUT2D eigenvalue weighted by Gasteiger charge is -2.10. The Bertz CT molecular complexity index is 2810. The van der Waals surface area contributed by atoms with Gasteiger partial charge in [-0.1, -0.05) is 31.7 Å². The van der Waals surface area contributed by atoms with Gasteiger partial charge in [-0.2, -0.15) is 0 Å². The fourth-order valence-corrected chi connectivity index (χ4v) is 6.43. The van der Waals surface area contributed by atoms with Crippen LogP contribution in [0.25, 0.3) is 11.1 Å². The smallest absolute Gasteiger partial charge is 0.336 e. The van der Waals surface area contributed by atoms with E-state index in [0.29, 0.717) is 11.1 Å². The van der Waals surface area contributed by atoms with Crippen LogP contribution in [0.2, 0.25) is 0 Å². The number of rotatable bonds is 15. The van der Waals surface area contributed by atoms with Crippen molar-refractivity contribution in [1.82, 2.24) is 0 Å². The molecule has 19 heteroatoms. The fourth-order valence-electron chi connectivity index (χ4n) is 6.43. The highest BCUT2D eigenvalue weighted by Crippen LogP contribution is 2.27. The van der Waals surface area contributed by atoms with Crippen molar-refractivity contribution in [2.45, 2.75) is 49.0 Å². The minimum absolute atomic E-state index is 0. The first-order valence-corrected chi connectivity index (χ1v) is 19.4. The summed E-state index contributed by atoms with van der Waals surface area (Å²) in [6, 6.07) is 17.5. The lowest BCUT2D eigenvalue weighted by molar-refractivity contribution is 0.0676. The Morgan fingerprint density at radius 1 is 0.261 bits per heavy atom. The molecule has 0 aliphatic carbocycles. The van der Waals surface area contributed by atoms with E-state index >= 15 is 0 Å². The number of carbonyl (C=O) groups is 13. The molecule has 356 valence electrons. The molecule has 5 rings (SSSR count). The molecule has 5 aromatic carbocycles. The maximum absolute atomic E-state index is 12.6. The normalized spacial score (nSPS) is 10.0. The van der Waals surface area contributed by atoms with E-state index in [-0.39, 0.29) is 74.2 Å². The van der Waals surface area contributed by atoms with Gasteiger partial charge in [-0.15, -0.1) is 0 Å². The maximum Gasteiger partial charge on any atom is 0.336 e. The van der Waals surface area contributed by atoms with E-state index in [2.05, 4.69) is 0 Å². The number of hydrogen-bond acceptors (Lipinski definition) is 13. The van der Waals surface area contributed by atoms with Crippen LogP contribution in [0.15, 0.2) is 84.9 Å².